The standard InChI is InChI=1S/C16H17F2N4O7P/c17-16(18)12(23)10(29-14(16)22-7-6-11(19)20-15(22)25)8-28-30(26,27)21-13(24)9-4-2-1-3-5-9/h1-7,10,12,14,23H,8H2,(H2,19,20,25)(H2,21,24,26,27)/t10-,12-,14-/m1/s1. The predicted octanol–water partition coefficient (Wildman–Crippen LogP) is 0.266. The fourth-order valence-electron chi connectivity index (χ4n) is 2.70. The van der Waals surface area contributed by atoms with E-state index in [-0.39, 0.29) is 11.4 Å². The zero-order chi connectivity index (χ0) is 22.1. The number of alkyl halides is 2. The van der Waals surface area contributed by atoms with Gasteiger partial charge in [-0.1, -0.05) is 18.2 Å². The third kappa shape index (κ3) is 4.55. The van der Waals surface area contributed by atoms with Crippen LogP contribution in [0, 0.1) is 0 Å². The molecule has 1 aliphatic rings. The van der Waals surface area contributed by atoms with Gasteiger partial charge in [-0.15, -0.1) is 0 Å². The van der Waals surface area contributed by atoms with Crippen molar-refractivity contribution in [2.45, 2.75) is 24.4 Å². The Morgan fingerprint density at radius 3 is 2.67 bits per heavy atom. The number of aliphatic hydroxyl groups is 1. The molecule has 0 saturated carbocycles. The van der Waals surface area contributed by atoms with Gasteiger partial charge in [0.15, 0.2) is 6.10 Å². The summed E-state index contributed by atoms with van der Waals surface area (Å²) in [6, 6.07) is 8.51. The summed E-state index contributed by atoms with van der Waals surface area (Å²) in [5, 5.41) is 11.6. The zero-order valence-electron chi connectivity index (χ0n) is 15.1. The van der Waals surface area contributed by atoms with Crippen molar-refractivity contribution in [1.82, 2.24) is 14.6 Å². The van der Waals surface area contributed by atoms with Crippen molar-refractivity contribution < 1.29 is 37.4 Å². The SMILES string of the molecule is Nc1ccn([C@@H]2O[C@H](COP(=O)(O)NC(=O)c3ccccc3)[C@@H](O)C2(F)F)c(=O)n1. The third-order valence-corrected chi connectivity index (χ3v) is 5.16. The molecule has 30 heavy (non-hydrogen) atoms. The molecule has 1 amide bonds. The van der Waals surface area contributed by atoms with E-state index >= 15 is 0 Å². The van der Waals surface area contributed by atoms with Crippen LogP contribution in [-0.4, -0.2) is 50.2 Å². The van der Waals surface area contributed by atoms with Crippen LogP contribution in [0.4, 0.5) is 14.6 Å². The van der Waals surface area contributed by atoms with Gasteiger partial charge in [0.05, 0.1) is 6.61 Å². The highest BCUT2D eigenvalue weighted by molar-refractivity contribution is 7.51. The highest BCUT2D eigenvalue weighted by Crippen LogP contribution is 2.44. The van der Waals surface area contributed by atoms with E-state index < -0.39 is 50.3 Å². The summed E-state index contributed by atoms with van der Waals surface area (Å²) >= 11 is 0. The van der Waals surface area contributed by atoms with Crippen molar-refractivity contribution >= 4 is 19.5 Å². The molecule has 0 radical (unpaired) electrons. The number of nitrogen functional groups attached to an aromatic ring is 1. The topological polar surface area (TPSA) is 166 Å². The molecule has 162 valence electrons. The number of hydrogen-bond donors (Lipinski definition) is 4. The number of carbonyl (C=O) groups is 1. The first-order valence-corrected chi connectivity index (χ1v) is 10.00. The second kappa shape index (κ2) is 8.20. The lowest BCUT2D eigenvalue weighted by Crippen LogP contribution is -2.42. The molecule has 1 unspecified atom stereocenters. The molecule has 2 heterocycles. The maximum atomic E-state index is 14.4. The molecule has 0 aliphatic carbocycles. The highest BCUT2D eigenvalue weighted by Gasteiger charge is 2.60. The lowest BCUT2D eigenvalue weighted by molar-refractivity contribution is -0.140. The zero-order valence-corrected chi connectivity index (χ0v) is 16.0. The Hall–Kier alpha value is -2.70. The summed E-state index contributed by atoms with van der Waals surface area (Å²) in [5.41, 5.74) is 4.23. The number of benzene rings is 1. The van der Waals surface area contributed by atoms with E-state index in [4.69, 9.17) is 10.5 Å². The first kappa shape index (κ1) is 22.0. The molecular formula is C16H17F2N4O7P. The van der Waals surface area contributed by atoms with E-state index in [0.29, 0.717) is 4.57 Å². The van der Waals surface area contributed by atoms with Crippen molar-refractivity contribution in [3.63, 3.8) is 0 Å². The summed E-state index contributed by atoms with van der Waals surface area (Å²) in [6.07, 6.45) is -5.60. The number of nitrogens with one attached hydrogen (secondary N) is 1. The molecule has 1 saturated heterocycles. The average molecular weight is 446 g/mol. The predicted molar refractivity (Wildman–Crippen MR) is 97.5 cm³/mol. The second-order valence-electron chi connectivity index (χ2n) is 6.31. The maximum Gasteiger partial charge on any atom is 0.432 e. The van der Waals surface area contributed by atoms with E-state index in [1.165, 1.54) is 24.3 Å². The fourth-order valence-corrected chi connectivity index (χ4v) is 3.50. The molecule has 1 aromatic heterocycles. The quantitative estimate of drug-likeness (QED) is 0.456. The Morgan fingerprint density at radius 2 is 2.03 bits per heavy atom. The number of ether oxygens (including phenoxy) is 1. The number of halogens is 2. The van der Waals surface area contributed by atoms with Gasteiger partial charge in [-0.2, -0.15) is 13.8 Å². The number of amides is 1. The van der Waals surface area contributed by atoms with E-state index in [9.17, 15) is 32.9 Å². The number of aliphatic hydroxyl groups excluding tert-OH is 1. The van der Waals surface area contributed by atoms with Crippen LogP contribution in [0.3, 0.4) is 0 Å². The Balaban J connectivity index is 1.68. The smallest absolute Gasteiger partial charge is 0.384 e. The van der Waals surface area contributed by atoms with Crippen LogP contribution in [-0.2, 0) is 13.8 Å². The summed E-state index contributed by atoms with van der Waals surface area (Å²) in [4.78, 5) is 36.8. The number of hydrogen-bond acceptors (Lipinski definition) is 8. The molecule has 2 aromatic rings. The Kier molecular flexibility index (Phi) is 6.01. The van der Waals surface area contributed by atoms with Gasteiger partial charge in [0.2, 0.25) is 6.23 Å². The highest BCUT2D eigenvalue weighted by atomic mass is 31.2. The first-order valence-electron chi connectivity index (χ1n) is 8.42. The summed E-state index contributed by atoms with van der Waals surface area (Å²) in [7, 11) is -4.78. The number of rotatable bonds is 6. The molecule has 0 bridgehead atoms. The Labute approximate surface area is 167 Å². The van der Waals surface area contributed by atoms with Gasteiger partial charge in [0.25, 0.3) is 5.91 Å². The lowest BCUT2D eigenvalue weighted by Gasteiger charge is -2.20. The minimum atomic E-state index is -4.78. The van der Waals surface area contributed by atoms with Gasteiger partial charge in [-0.25, -0.2) is 9.36 Å². The molecule has 1 fully saturated rings. The van der Waals surface area contributed by atoms with Crippen LogP contribution >= 0.6 is 7.75 Å². The van der Waals surface area contributed by atoms with Crippen LogP contribution in [0.1, 0.15) is 16.6 Å². The van der Waals surface area contributed by atoms with Gasteiger partial charge in [0.1, 0.15) is 11.9 Å². The number of aromatic nitrogens is 2. The van der Waals surface area contributed by atoms with Crippen molar-refractivity contribution in [3.05, 3.63) is 58.6 Å². The van der Waals surface area contributed by atoms with E-state index in [1.807, 2.05) is 0 Å². The van der Waals surface area contributed by atoms with Gasteiger partial charge in [-0.3, -0.25) is 19.0 Å². The second-order valence-corrected chi connectivity index (χ2v) is 7.83. The normalized spacial score (nSPS) is 24.9. The largest absolute Gasteiger partial charge is 0.432 e. The van der Waals surface area contributed by atoms with Gasteiger partial charge in [-0.05, 0) is 18.2 Å². The number of anilines is 1. The Bertz CT molecular complexity index is 1040. The van der Waals surface area contributed by atoms with E-state index in [0.717, 1.165) is 12.3 Å². The van der Waals surface area contributed by atoms with Crippen LogP contribution in [0.25, 0.3) is 0 Å². The van der Waals surface area contributed by atoms with Crippen molar-refractivity contribution in [1.29, 1.82) is 0 Å². The van der Waals surface area contributed by atoms with Crippen LogP contribution in [0.5, 0.6) is 0 Å². The molecule has 1 aliphatic heterocycles. The van der Waals surface area contributed by atoms with Gasteiger partial charge in [0, 0.05) is 11.8 Å². The summed E-state index contributed by atoms with van der Waals surface area (Å²) in [6.45, 7) is -0.979. The molecule has 14 heteroatoms. The molecule has 5 N–H and O–H groups in total. The molecule has 0 spiro atoms. The van der Waals surface area contributed by atoms with Crippen molar-refractivity contribution in [2.75, 3.05) is 12.3 Å². The Morgan fingerprint density at radius 1 is 1.37 bits per heavy atom. The molecule has 11 nitrogen and oxygen atoms in total. The van der Waals surface area contributed by atoms with Crippen LogP contribution < -0.4 is 16.5 Å². The van der Waals surface area contributed by atoms with E-state index in [2.05, 4.69) is 9.51 Å². The molecular weight excluding hydrogens is 429 g/mol. The van der Waals surface area contributed by atoms with Crippen LogP contribution in [0.2, 0.25) is 0 Å². The molecule has 3 rings (SSSR count). The lowest BCUT2D eigenvalue weighted by atomic mass is 10.1. The molecule has 4 atom stereocenters. The molecule has 1 aromatic carbocycles. The number of carbonyl (C=O) groups excluding carboxylic acids is 1. The van der Waals surface area contributed by atoms with Crippen molar-refractivity contribution in [3.8, 4) is 0 Å². The van der Waals surface area contributed by atoms with Crippen LogP contribution in [0.15, 0.2) is 47.4 Å². The summed E-state index contributed by atoms with van der Waals surface area (Å²) in [5.74, 6) is -5.09. The average Bonchev–Trinajstić information content (AvgIpc) is 2.90. The summed E-state index contributed by atoms with van der Waals surface area (Å²) < 4.78 is 51.0. The van der Waals surface area contributed by atoms with E-state index in [1.54, 1.807) is 11.2 Å². The third-order valence-electron chi connectivity index (χ3n) is 4.18. The number of nitrogens with zero attached hydrogens (tertiary/aromatic N) is 2. The minimum absolute atomic E-state index is 0.0642. The number of nitrogens with two attached hydrogens (primary N) is 1. The monoisotopic (exact) mass is 446 g/mol. The maximum absolute atomic E-state index is 14.4. The van der Waals surface area contributed by atoms with Crippen molar-refractivity contribution in [2.24, 2.45) is 0 Å². The first-order chi connectivity index (χ1) is 14.0. The minimum Gasteiger partial charge on any atom is -0.384 e. The fraction of sp³-hybridized carbons (Fsp3) is 0.312. The van der Waals surface area contributed by atoms with Gasteiger partial charge < -0.3 is 20.5 Å². The van der Waals surface area contributed by atoms with Gasteiger partial charge >= 0.3 is 19.4 Å².